The quantitative estimate of drug-likeness (QED) is 0.821. The fourth-order valence-electron chi connectivity index (χ4n) is 3.80. The molecule has 26 heavy (non-hydrogen) atoms. The summed E-state index contributed by atoms with van der Waals surface area (Å²) in [6, 6.07) is 0. The molecule has 4 rings (SSSR count). The van der Waals surface area contributed by atoms with Crippen molar-refractivity contribution in [2.75, 3.05) is 19.7 Å². The second-order valence-electron chi connectivity index (χ2n) is 6.96. The molecule has 0 aromatic carbocycles. The summed E-state index contributed by atoms with van der Waals surface area (Å²) in [5.41, 5.74) is 0.854. The van der Waals surface area contributed by atoms with Crippen LogP contribution in [0.25, 0.3) is 11.5 Å². The van der Waals surface area contributed by atoms with Crippen LogP contribution in [0.1, 0.15) is 49.4 Å². The molecular formula is C18H25N5O2S. The maximum Gasteiger partial charge on any atom is 0.251 e. The number of thiazole rings is 1. The summed E-state index contributed by atoms with van der Waals surface area (Å²) >= 11 is 1.62. The van der Waals surface area contributed by atoms with E-state index in [9.17, 15) is 4.79 Å². The zero-order valence-corrected chi connectivity index (χ0v) is 16.2. The van der Waals surface area contributed by atoms with Gasteiger partial charge in [0.1, 0.15) is 17.6 Å². The Morgan fingerprint density at radius 1 is 1.31 bits per heavy atom. The summed E-state index contributed by atoms with van der Waals surface area (Å²) in [7, 11) is 0. The first-order chi connectivity index (χ1) is 12.7. The molecule has 0 N–H and O–H groups in total. The molecule has 2 aromatic rings. The number of aryl methyl sites for hydroxylation is 2. The maximum absolute atomic E-state index is 12.5. The van der Waals surface area contributed by atoms with E-state index in [1.54, 1.807) is 11.3 Å². The van der Waals surface area contributed by atoms with Crippen LogP contribution in [0.3, 0.4) is 0 Å². The molecule has 140 valence electrons. The monoisotopic (exact) mass is 375 g/mol. The number of likely N-dealkylation sites (tertiary alicyclic amines) is 1. The van der Waals surface area contributed by atoms with Gasteiger partial charge in [-0.15, -0.1) is 16.4 Å². The molecule has 2 aliphatic heterocycles. The van der Waals surface area contributed by atoms with Crippen LogP contribution in [0.4, 0.5) is 0 Å². The van der Waals surface area contributed by atoms with Crippen LogP contribution in [0, 0.1) is 6.92 Å². The van der Waals surface area contributed by atoms with Crippen molar-refractivity contribution >= 4 is 17.2 Å². The molecule has 4 heterocycles. The van der Waals surface area contributed by atoms with E-state index in [0.29, 0.717) is 18.3 Å². The third-order valence-electron chi connectivity index (χ3n) is 5.22. The lowest BCUT2D eigenvalue weighted by molar-refractivity contribution is -0.142. The molecule has 7 nitrogen and oxygen atoms in total. The van der Waals surface area contributed by atoms with Crippen LogP contribution in [-0.2, 0) is 16.1 Å². The number of aromatic nitrogens is 4. The topological polar surface area (TPSA) is 73.1 Å². The van der Waals surface area contributed by atoms with E-state index in [0.717, 1.165) is 61.8 Å². The van der Waals surface area contributed by atoms with E-state index in [2.05, 4.69) is 17.0 Å². The van der Waals surface area contributed by atoms with Gasteiger partial charge in [-0.25, -0.2) is 14.6 Å². The van der Waals surface area contributed by atoms with Gasteiger partial charge in [0, 0.05) is 37.5 Å². The summed E-state index contributed by atoms with van der Waals surface area (Å²) in [4.78, 5) is 23.8. The molecule has 0 radical (unpaired) electrons. The Labute approximate surface area is 157 Å². The van der Waals surface area contributed by atoms with Gasteiger partial charge in [-0.05, 0) is 39.5 Å². The van der Waals surface area contributed by atoms with Crippen LogP contribution in [0.2, 0.25) is 0 Å². The highest BCUT2D eigenvalue weighted by molar-refractivity contribution is 7.09. The number of hydrogen-bond acceptors (Lipinski definition) is 6. The largest absolute Gasteiger partial charge is 0.368 e. The zero-order chi connectivity index (χ0) is 18.1. The molecular weight excluding hydrogens is 350 g/mol. The van der Waals surface area contributed by atoms with Crippen LogP contribution in [0.15, 0.2) is 5.38 Å². The number of ether oxygens (including phenoxy) is 1. The van der Waals surface area contributed by atoms with E-state index < -0.39 is 0 Å². The van der Waals surface area contributed by atoms with Crippen molar-refractivity contribution in [2.24, 2.45) is 0 Å². The normalized spacial score (nSPS) is 21.5. The van der Waals surface area contributed by atoms with Gasteiger partial charge in [-0.3, -0.25) is 4.79 Å². The minimum atomic E-state index is -0.217. The Balaban J connectivity index is 1.45. The number of carbonyl (C=O) groups excluding carboxylic acids is 1. The van der Waals surface area contributed by atoms with Crippen molar-refractivity contribution in [2.45, 2.75) is 58.1 Å². The highest BCUT2D eigenvalue weighted by atomic mass is 32.1. The second-order valence-corrected chi connectivity index (χ2v) is 8.02. The van der Waals surface area contributed by atoms with Crippen molar-refractivity contribution in [3.05, 3.63) is 16.2 Å². The third-order valence-corrected chi connectivity index (χ3v) is 6.00. The van der Waals surface area contributed by atoms with Crippen molar-refractivity contribution in [1.82, 2.24) is 24.6 Å². The Morgan fingerprint density at radius 2 is 2.12 bits per heavy atom. The van der Waals surface area contributed by atoms with Gasteiger partial charge in [-0.1, -0.05) is 0 Å². The molecule has 1 amide bonds. The molecule has 0 unspecified atom stereocenters. The lowest BCUT2D eigenvalue weighted by Gasteiger charge is -2.32. The van der Waals surface area contributed by atoms with Gasteiger partial charge in [0.2, 0.25) is 5.82 Å². The summed E-state index contributed by atoms with van der Waals surface area (Å²) in [6.45, 7) is 7.12. The molecule has 2 aromatic heterocycles. The number of carbonyl (C=O) groups is 1. The minimum Gasteiger partial charge on any atom is -0.368 e. The highest BCUT2D eigenvalue weighted by Gasteiger charge is 2.32. The van der Waals surface area contributed by atoms with E-state index in [1.807, 2.05) is 21.9 Å². The zero-order valence-electron chi connectivity index (χ0n) is 15.3. The van der Waals surface area contributed by atoms with Gasteiger partial charge >= 0.3 is 0 Å². The van der Waals surface area contributed by atoms with E-state index in [1.165, 1.54) is 0 Å². The Kier molecular flexibility index (Phi) is 5.04. The third kappa shape index (κ3) is 3.40. The van der Waals surface area contributed by atoms with Crippen LogP contribution in [-0.4, -0.2) is 56.4 Å². The standard InChI is InChI=1S/C18H25N5O2S/c1-3-23-17(20-16(21-23)14-11-26-12(2)19-14)13-6-8-22(9-7-13)18(24)15-5-4-10-25-15/h11,13,15H,3-10H2,1-2H3/t15-/m0/s1. The summed E-state index contributed by atoms with van der Waals surface area (Å²) in [5, 5.41) is 7.69. The van der Waals surface area contributed by atoms with Crippen molar-refractivity contribution in [1.29, 1.82) is 0 Å². The molecule has 8 heteroatoms. The molecule has 1 atom stereocenters. The van der Waals surface area contributed by atoms with Gasteiger partial charge in [0.25, 0.3) is 5.91 Å². The van der Waals surface area contributed by atoms with Crippen molar-refractivity contribution < 1.29 is 9.53 Å². The van der Waals surface area contributed by atoms with Gasteiger partial charge in [0.15, 0.2) is 0 Å². The Hall–Kier alpha value is -1.80. The minimum absolute atomic E-state index is 0.163. The summed E-state index contributed by atoms with van der Waals surface area (Å²) in [5.74, 6) is 2.24. The molecule has 2 fully saturated rings. The molecule has 0 spiro atoms. The van der Waals surface area contributed by atoms with E-state index >= 15 is 0 Å². The number of piperidine rings is 1. The van der Waals surface area contributed by atoms with Crippen LogP contribution in [0.5, 0.6) is 0 Å². The highest BCUT2D eigenvalue weighted by Crippen LogP contribution is 2.30. The van der Waals surface area contributed by atoms with Gasteiger partial charge in [0.05, 0.1) is 5.01 Å². The van der Waals surface area contributed by atoms with Crippen LogP contribution >= 0.6 is 11.3 Å². The molecule has 2 saturated heterocycles. The predicted molar refractivity (Wildman–Crippen MR) is 99.1 cm³/mol. The van der Waals surface area contributed by atoms with Crippen molar-refractivity contribution in [3.8, 4) is 11.5 Å². The van der Waals surface area contributed by atoms with Gasteiger partial charge in [-0.2, -0.15) is 0 Å². The van der Waals surface area contributed by atoms with Gasteiger partial charge < -0.3 is 9.64 Å². The number of nitrogens with zero attached hydrogens (tertiary/aromatic N) is 5. The SMILES string of the molecule is CCn1nc(-c2csc(C)n2)nc1C1CCN(C(=O)[C@@H]2CCCO2)CC1. The number of amides is 1. The van der Waals surface area contributed by atoms with Crippen LogP contribution < -0.4 is 0 Å². The van der Waals surface area contributed by atoms with Crippen molar-refractivity contribution in [3.63, 3.8) is 0 Å². The fraction of sp³-hybridized carbons (Fsp3) is 0.667. The first-order valence-corrected chi connectivity index (χ1v) is 10.3. The lowest BCUT2D eigenvalue weighted by atomic mass is 9.95. The molecule has 0 bridgehead atoms. The summed E-state index contributed by atoms with van der Waals surface area (Å²) in [6.07, 6.45) is 3.48. The smallest absolute Gasteiger partial charge is 0.251 e. The molecule has 0 saturated carbocycles. The predicted octanol–water partition coefficient (Wildman–Crippen LogP) is 2.61. The molecule has 0 aliphatic carbocycles. The average Bonchev–Trinajstić information content (AvgIpc) is 3.41. The Morgan fingerprint density at radius 3 is 2.73 bits per heavy atom. The summed E-state index contributed by atoms with van der Waals surface area (Å²) < 4.78 is 7.54. The maximum atomic E-state index is 12.5. The van der Waals surface area contributed by atoms with E-state index in [-0.39, 0.29) is 12.0 Å². The lowest BCUT2D eigenvalue weighted by Crippen LogP contribution is -2.43. The number of hydrogen-bond donors (Lipinski definition) is 0. The fourth-order valence-corrected chi connectivity index (χ4v) is 4.39. The first kappa shape index (κ1) is 17.6. The first-order valence-electron chi connectivity index (χ1n) is 9.43. The molecule has 2 aliphatic rings. The van der Waals surface area contributed by atoms with E-state index in [4.69, 9.17) is 9.72 Å². The Bertz CT molecular complexity index is 772. The number of rotatable bonds is 4. The average molecular weight is 375 g/mol. The second kappa shape index (κ2) is 7.44.